The number of nitrogens with one attached hydrogen (secondary N) is 1. The maximum atomic E-state index is 6.14. The number of aromatic amines is 1. The third kappa shape index (κ3) is 1.90. The van der Waals surface area contributed by atoms with Gasteiger partial charge >= 0.3 is 0 Å². The van der Waals surface area contributed by atoms with E-state index in [-0.39, 0.29) is 0 Å². The van der Waals surface area contributed by atoms with Crippen LogP contribution in [0.4, 0.5) is 0 Å². The highest BCUT2D eigenvalue weighted by Gasteiger charge is 2.15. The molecular weight excluding hydrogens is 324 g/mol. The van der Waals surface area contributed by atoms with Gasteiger partial charge in [0.2, 0.25) is 0 Å². The van der Waals surface area contributed by atoms with Crippen molar-refractivity contribution in [2.75, 3.05) is 0 Å². The molecule has 0 aliphatic rings. The maximum Gasteiger partial charge on any atom is 0.190 e. The van der Waals surface area contributed by atoms with Crippen LogP contribution in [0.15, 0.2) is 42.5 Å². The zero-order chi connectivity index (χ0) is 16.3. The molecule has 3 heterocycles. The number of pyridine rings is 1. The van der Waals surface area contributed by atoms with Crippen molar-refractivity contribution in [2.45, 2.75) is 6.92 Å². The van der Waals surface area contributed by atoms with Crippen molar-refractivity contribution < 1.29 is 0 Å². The Morgan fingerprint density at radius 3 is 2.92 bits per heavy atom. The largest absolute Gasteiger partial charge is 0.338 e. The average Bonchev–Trinajstić information content (AvgIpc) is 3.19. The van der Waals surface area contributed by atoms with Gasteiger partial charge in [0.15, 0.2) is 5.65 Å². The summed E-state index contributed by atoms with van der Waals surface area (Å²) in [5.41, 5.74) is 5.46. The zero-order valence-electron chi connectivity index (χ0n) is 12.7. The summed E-state index contributed by atoms with van der Waals surface area (Å²) in [4.78, 5) is 8.05. The molecule has 0 saturated heterocycles. The minimum absolute atomic E-state index is 0.653. The van der Waals surface area contributed by atoms with Crippen LogP contribution >= 0.6 is 11.6 Å². The molecule has 0 saturated carbocycles. The molecule has 6 nitrogen and oxygen atoms in total. The molecule has 5 aromatic rings. The zero-order valence-corrected chi connectivity index (χ0v) is 13.4. The van der Waals surface area contributed by atoms with Crippen LogP contribution in [0.2, 0.25) is 5.02 Å². The van der Waals surface area contributed by atoms with Crippen LogP contribution in [0.5, 0.6) is 0 Å². The fraction of sp³-hybridized carbons (Fsp3) is 0.0588. The van der Waals surface area contributed by atoms with Crippen LogP contribution in [-0.2, 0) is 0 Å². The lowest BCUT2D eigenvalue weighted by molar-refractivity contribution is 0.842. The van der Waals surface area contributed by atoms with Crippen LogP contribution < -0.4 is 0 Å². The van der Waals surface area contributed by atoms with Gasteiger partial charge in [0.05, 0.1) is 22.1 Å². The molecule has 0 aliphatic heterocycles. The van der Waals surface area contributed by atoms with Gasteiger partial charge in [-0.05, 0) is 59.3 Å². The standard InChI is InChI=1S/C17H11ClN6/c1-9-2-4-13-14(6-9)20-16(19-13)12-8-10-7-11(18)3-5-15(10)24-17(12)21-22-23-24/h2-8H,1H3,(H,19,20). The molecule has 1 N–H and O–H groups in total. The number of nitrogens with zero attached hydrogens (tertiary/aromatic N) is 5. The van der Waals surface area contributed by atoms with Crippen molar-refractivity contribution >= 4 is 39.2 Å². The molecule has 2 aromatic carbocycles. The van der Waals surface area contributed by atoms with Crippen molar-refractivity contribution in [3.63, 3.8) is 0 Å². The fourth-order valence-corrected chi connectivity index (χ4v) is 3.18. The fourth-order valence-electron chi connectivity index (χ4n) is 3.00. The number of H-pyrrole nitrogens is 1. The summed E-state index contributed by atoms with van der Waals surface area (Å²) in [6.07, 6.45) is 0. The van der Waals surface area contributed by atoms with Crippen LogP contribution in [0.1, 0.15) is 5.56 Å². The van der Waals surface area contributed by atoms with Gasteiger partial charge in [-0.15, -0.1) is 5.10 Å². The van der Waals surface area contributed by atoms with Crippen molar-refractivity contribution in [2.24, 2.45) is 0 Å². The Kier molecular flexibility index (Phi) is 2.66. The minimum atomic E-state index is 0.653. The van der Waals surface area contributed by atoms with Crippen LogP contribution in [-0.4, -0.2) is 30.0 Å². The van der Waals surface area contributed by atoms with E-state index in [4.69, 9.17) is 11.6 Å². The molecule has 5 rings (SSSR count). The maximum absolute atomic E-state index is 6.14. The quantitative estimate of drug-likeness (QED) is 0.506. The number of aryl methyl sites for hydroxylation is 1. The Balaban J connectivity index is 1.87. The van der Waals surface area contributed by atoms with E-state index in [1.54, 1.807) is 4.52 Å². The predicted molar refractivity (Wildman–Crippen MR) is 93.1 cm³/mol. The summed E-state index contributed by atoms with van der Waals surface area (Å²) in [5.74, 6) is 0.734. The van der Waals surface area contributed by atoms with Gasteiger partial charge in [-0.25, -0.2) is 4.98 Å². The molecule has 0 bridgehead atoms. The Labute approximate surface area is 141 Å². The third-order valence-corrected chi connectivity index (χ3v) is 4.36. The normalized spacial score (nSPS) is 11.8. The van der Waals surface area contributed by atoms with E-state index in [1.165, 1.54) is 5.56 Å². The highest BCUT2D eigenvalue weighted by Crippen LogP contribution is 2.29. The molecule has 24 heavy (non-hydrogen) atoms. The smallest absolute Gasteiger partial charge is 0.190 e. The van der Waals surface area contributed by atoms with Gasteiger partial charge < -0.3 is 4.98 Å². The average molecular weight is 335 g/mol. The number of fused-ring (bicyclic) bond motifs is 4. The Morgan fingerprint density at radius 1 is 1.08 bits per heavy atom. The lowest BCUT2D eigenvalue weighted by Gasteiger charge is -2.04. The topological polar surface area (TPSA) is 71.8 Å². The number of hydrogen-bond donors (Lipinski definition) is 1. The van der Waals surface area contributed by atoms with Crippen molar-refractivity contribution in [1.82, 2.24) is 30.0 Å². The number of hydrogen-bond acceptors (Lipinski definition) is 4. The molecule has 116 valence electrons. The summed E-state index contributed by atoms with van der Waals surface area (Å²) in [7, 11) is 0. The van der Waals surface area contributed by atoms with E-state index in [1.807, 2.05) is 36.4 Å². The van der Waals surface area contributed by atoms with Gasteiger partial charge in [0.25, 0.3) is 0 Å². The first-order valence-corrected chi connectivity index (χ1v) is 7.84. The second-order valence-electron chi connectivity index (χ2n) is 5.78. The van der Waals surface area contributed by atoms with Crippen LogP contribution in [0.3, 0.4) is 0 Å². The summed E-state index contributed by atoms with van der Waals surface area (Å²) in [5, 5.41) is 13.7. The van der Waals surface area contributed by atoms with E-state index in [9.17, 15) is 0 Å². The van der Waals surface area contributed by atoms with Gasteiger partial charge in [0.1, 0.15) is 5.82 Å². The second-order valence-corrected chi connectivity index (χ2v) is 6.22. The van der Waals surface area contributed by atoms with Crippen LogP contribution in [0, 0.1) is 6.92 Å². The van der Waals surface area contributed by atoms with Crippen molar-refractivity contribution in [1.29, 1.82) is 0 Å². The third-order valence-electron chi connectivity index (χ3n) is 4.12. The van der Waals surface area contributed by atoms with E-state index < -0.39 is 0 Å². The highest BCUT2D eigenvalue weighted by molar-refractivity contribution is 6.31. The molecule has 0 atom stereocenters. The molecule has 0 aliphatic carbocycles. The number of tetrazole rings is 1. The van der Waals surface area contributed by atoms with Gasteiger partial charge in [0, 0.05) is 10.4 Å². The number of rotatable bonds is 1. The lowest BCUT2D eigenvalue weighted by atomic mass is 10.1. The Bertz CT molecular complexity index is 1240. The van der Waals surface area contributed by atoms with E-state index in [0.29, 0.717) is 10.7 Å². The molecule has 0 unspecified atom stereocenters. The molecular formula is C17H11ClN6. The molecule has 7 heteroatoms. The summed E-state index contributed by atoms with van der Waals surface area (Å²) in [6, 6.07) is 13.8. The number of halogens is 1. The lowest BCUT2D eigenvalue weighted by Crippen LogP contribution is -1.94. The summed E-state index contributed by atoms with van der Waals surface area (Å²) in [6.45, 7) is 2.05. The SMILES string of the molecule is Cc1ccc2nc(-c3cc4cc(Cl)ccc4n4nnnc34)[nH]c2c1. The molecule has 0 spiro atoms. The number of imidazole rings is 1. The number of benzene rings is 2. The van der Waals surface area contributed by atoms with Crippen molar-refractivity contribution in [3.05, 3.63) is 53.1 Å². The monoisotopic (exact) mass is 334 g/mol. The second kappa shape index (κ2) is 4.75. The summed E-state index contributed by atoms with van der Waals surface area (Å²) < 4.78 is 1.71. The first-order chi connectivity index (χ1) is 11.7. The highest BCUT2D eigenvalue weighted by atomic mass is 35.5. The Hall–Kier alpha value is -2.99. The minimum Gasteiger partial charge on any atom is -0.338 e. The molecule has 0 radical (unpaired) electrons. The Morgan fingerprint density at radius 2 is 2.00 bits per heavy atom. The van der Waals surface area contributed by atoms with E-state index in [0.717, 1.165) is 33.3 Å². The number of aromatic nitrogens is 6. The molecule has 0 amide bonds. The van der Waals surface area contributed by atoms with Gasteiger partial charge in [-0.3, -0.25) is 0 Å². The molecule has 0 fully saturated rings. The van der Waals surface area contributed by atoms with Gasteiger partial charge in [-0.2, -0.15) is 4.52 Å². The van der Waals surface area contributed by atoms with Gasteiger partial charge in [-0.1, -0.05) is 17.7 Å². The van der Waals surface area contributed by atoms with Crippen LogP contribution in [0.25, 0.3) is 39.0 Å². The van der Waals surface area contributed by atoms with Crippen molar-refractivity contribution in [3.8, 4) is 11.4 Å². The molecule has 3 aromatic heterocycles. The van der Waals surface area contributed by atoms with E-state index in [2.05, 4.69) is 38.5 Å². The first-order valence-electron chi connectivity index (χ1n) is 7.46. The summed E-state index contributed by atoms with van der Waals surface area (Å²) >= 11 is 6.14. The van der Waals surface area contributed by atoms with E-state index >= 15 is 0 Å². The first kappa shape index (κ1) is 13.4. The predicted octanol–water partition coefficient (Wildman–Crippen LogP) is 3.78.